The Bertz CT molecular complexity index is 484. The number of thioether (sulfide) groups is 1. The molecule has 0 spiro atoms. The van der Waals surface area contributed by atoms with Crippen LogP contribution >= 0.6 is 11.8 Å². The maximum absolute atomic E-state index is 4.28. The van der Waals surface area contributed by atoms with Crippen LogP contribution in [0.2, 0.25) is 0 Å². The Kier molecular flexibility index (Phi) is 5.29. The van der Waals surface area contributed by atoms with Crippen molar-refractivity contribution in [3.63, 3.8) is 0 Å². The van der Waals surface area contributed by atoms with Gasteiger partial charge >= 0.3 is 0 Å². The lowest BCUT2D eigenvalue weighted by molar-refractivity contribution is 0.485. The normalized spacial score (nSPS) is 11.1. The summed E-state index contributed by atoms with van der Waals surface area (Å²) in [5, 5.41) is 15.9. The van der Waals surface area contributed by atoms with Gasteiger partial charge in [-0.05, 0) is 22.6 Å². The van der Waals surface area contributed by atoms with Crippen molar-refractivity contribution in [1.82, 2.24) is 30.5 Å². The molecule has 0 aromatic carbocycles. The second-order valence-corrected chi connectivity index (χ2v) is 5.35. The third kappa shape index (κ3) is 4.60. The number of nitrogens with zero attached hydrogens (tertiary/aromatic N) is 5. The first-order chi connectivity index (χ1) is 9.25. The fourth-order valence-corrected chi connectivity index (χ4v) is 2.34. The molecule has 0 aliphatic rings. The summed E-state index contributed by atoms with van der Waals surface area (Å²) in [4.78, 5) is 4.28. The molecule has 2 rings (SSSR count). The van der Waals surface area contributed by atoms with Crippen molar-refractivity contribution < 1.29 is 0 Å². The van der Waals surface area contributed by atoms with E-state index in [2.05, 4.69) is 39.7 Å². The van der Waals surface area contributed by atoms with E-state index in [0.717, 1.165) is 29.7 Å². The number of tetrazole rings is 1. The molecule has 2 heterocycles. The number of rotatable bonds is 7. The molecule has 1 N–H and O–H groups in total. The first-order valence-corrected chi connectivity index (χ1v) is 7.26. The van der Waals surface area contributed by atoms with Crippen LogP contribution in [0.5, 0.6) is 0 Å². The van der Waals surface area contributed by atoms with Gasteiger partial charge in [-0.1, -0.05) is 31.7 Å². The highest BCUT2D eigenvalue weighted by molar-refractivity contribution is 7.98. The molecule has 0 amide bonds. The van der Waals surface area contributed by atoms with Crippen molar-refractivity contribution in [3.05, 3.63) is 30.1 Å². The Hall–Kier alpha value is -1.47. The smallest absolute Gasteiger partial charge is 0.209 e. The maximum atomic E-state index is 4.28. The van der Waals surface area contributed by atoms with Crippen molar-refractivity contribution in [2.75, 3.05) is 6.54 Å². The zero-order valence-electron chi connectivity index (χ0n) is 11.2. The van der Waals surface area contributed by atoms with Gasteiger partial charge in [0.15, 0.2) is 0 Å². The summed E-state index contributed by atoms with van der Waals surface area (Å²) in [5.41, 5.74) is 1.03. The zero-order valence-corrected chi connectivity index (χ0v) is 12.0. The van der Waals surface area contributed by atoms with E-state index in [0.29, 0.717) is 6.04 Å². The average molecular weight is 278 g/mol. The van der Waals surface area contributed by atoms with Gasteiger partial charge in [-0.2, -0.15) is 0 Å². The van der Waals surface area contributed by atoms with Gasteiger partial charge in [0.05, 0.1) is 12.2 Å². The molecule has 2 aromatic rings. The average Bonchev–Trinajstić information content (AvgIpc) is 2.85. The number of nitrogens with one attached hydrogen (secondary N) is 1. The molecule has 0 aliphatic carbocycles. The quantitative estimate of drug-likeness (QED) is 0.771. The third-order valence-corrected chi connectivity index (χ3v) is 3.44. The monoisotopic (exact) mass is 278 g/mol. The second kappa shape index (κ2) is 7.20. The van der Waals surface area contributed by atoms with E-state index in [4.69, 9.17) is 0 Å². The molecule has 0 saturated carbocycles. The minimum atomic E-state index is 0.473. The van der Waals surface area contributed by atoms with E-state index in [1.807, 2.05) is 22.9 Å². The summed E-state index contributed by atoms with van der Waals surface area (Å²) >= 11 is 1.60. The van der Waals surface area contributed by atoms with Gasteiger partial charge in [0.25, 0.3) is 0 Å². The van der Waals surface area contributed by atoms with Crippen molar-refractivity contribution in [2.24, 2.45) is 0 Å². The first kappa shape index (κ1) is 14.0. The van der Waals surface area contributed by atoms with Crippen LogP contribution in [0.1, 0.15) is 19.5 Å². The zero-order chi connectivity index (χ0) is 13.5. The van der Waals surface area contributed by atoms with Crippen molar-refractivity contribution >= 4 is 11.8 Å². The van der Waals surface area contributed by atoms with Crippen molar-refractivity contribution in [2.45, 2.75) is 37.3 Å². The summed E-state index contributed by atoms with van der Waals surface area (Å²) in [7, 11) is 0. The number of hydrogen-bond donors (Lipinski definition) is 1. The number of hydrogen-bond acceptors (Lipinski definition) is 6. The van der Waals surface area contributed by atoms with Gasteiger partial charge in [0, 0.05) is 24.5 Å². The number of aromatic nitrogens is 5. The Labute approximate surface area is 117 Å². The lowest BCUT2D eigenvalue weighted by atomic mass is 10.4. The Morgan fingerprint density at radius 2 is 2.26 bits per heavy atom. The first-order valence-electron chi connectivity index (χ1n) is 6.28. The molecule has 0 aliphatic heterocycles. The van der Waals surface area contributed by atoms with Gasteiger partial charge in [-0.3, -0.25) is 4.98 Å². The van der Waals surface area contributed by atoms with Gasteiger partial charge in [-0.15, -0.1) is 5.10 Å². The molecular weight excluding hydrogens is 260 g/mol. The van der Waals surface area contributed by atoms with Crippen LogP contribution in [0.3, 0.4) is 0 Å². The van der Waals surface area contributed by atoms with E-state index in [9.17, 15) is 0 Å². The van der Waals surface area contributed by atoms with Gasteiger partial charge in [0.1, 0.15) is 0 Å². The molecule has 0 saturated heterocycles. The summed E-state index contributed by atoms with van der Waals surface area (Å²) in [6.07, 6.45) is 1.80. The molecule has 0 fully saturated rings. The molecule has 102 valence electrons. The van der Waals surface area contributed by atoms with Crippen LogP contribution in [0, 0.1) is 0 Å². The molecule has 2 aromatic heterocycles. The molecule has 6 nitrogen and oxygen atoms in total. The van der Waals surface area contributed by atoms with Crippen molar-refractivity contribution in [1.29, 1.82) is 0 Å². The minimum absolute atomic E-state index is 0.473. The fraction of sp³-hybridized carbons (Fsp3) is 0.500. The van der Waals surface area contributed by atoms with Gasteiger partial charge < -0.3 is 5.32 Å². The van der Waals surface area contributed by atoms with E-state index in [1.54, 1.807) is 18.0 Å². The largest absolute Gasteiger partial charge is 0.313 e. The topological polar surface area (TPSA) is 68.5 Å². The lowest BCUT2D eigenvalue weighted by Crippen LogP contribution is -2.27. The molecule has 0 unspecified atom stereocenters. The Morgan fingerprint density at radius 3 is 3.00 bits per heavy atom. The highest BCUT2D eigenvalue weighted by Crippen LogP contribution is 2.18. The lowest BCUT2D eigenvalue weighted by Gasteiger charge is -2.08. The summed E-state index contributed by atoms with van der Waals surface area (Å²) in [6.45, 7) is 5.88. The summed E-state index contributed by atoms with van der Waals surface area (Å²) in [6, 6.07) is 6.37. The van der Waals surface area contributed by atoms with Crippen LogP contribution in [-0.4, -0.2) is 37.8 Å². The molecule has 0 radical (unpaired) electrons. The summed E-state index contributed by atoms with van der Waals surface area (Å²) in [5.74, 6) is 0.777. The van der Waals surface area contributed by atoms with Crippen LogP contribution in [0.25, 0.3) is 0 Å². The van der Waals surface area contributed by atoms with Crippen LogP contribution in [0.4, 0.5) is 0 Å². The van der Waals surface area contributed by atoms with Gasteiger partial charge in [0.2, 0.25) is 5.16 Å². The second-order valence-electron chi connectivity index (χ2n) is 4.40. The predicted molar refractivity (Wildman–Crippen MR) is 74.8 cm³/mol. The number of pyridine rings is 1. The molecule has 0 atom stereocenters. The highest BCUT2D eigenvalue weighted by Gasteiger charge is 2.07. The van der Waals surface area contributed by atoms with Crippen LogP contribution < -0.4 is 5.32 Å². The summed E-state index contributed by atoms with van der Waals surface area (Å²) < 4.78 is 1.82. The minimum Gasteiger partial charge on any atom is -0.313 e. The molecule has 0 bridgehead atoms. The predicted octanol–water partition coefficient (Wildman–Crippen LogP) is 1.36. The Balaban J connectivity index is 1.85. The maximum Gasteiger partial charge on any atom is 0.209 e. The fourth-order valence-electron chi connectivity index (χ4n) is 1.52. The Morgan fingerprint density at radius 1 is 1.37 bits per heavy atom. The third-order valence-electron chi connectivity index (χ3n) is 2.45. The highest BCUT2D eigenvalue weighted by atomic mass is 32.2. The van der Waals surface area contributed by atoms with E-state index >= 15 is 0 Å². The van der Waals surface area contributed by atoms with Gasteiger partial charge in [-0.25, -0.2) is 4.68 Å². The van der Waals surface area contributed by atoms with E-state index in [-0.39, 0.29) is 0 Å². The molecule has 19 heavy (non-hydrogen) atoms. The standard InChI is InChI=1S/C12H18N6S/c1-10(2)13-7-8-18-12(15-16-17-18)19-9-11-5-3-4-6-14-11/h3-6,10,13H,7-9H2,1-2H3. The van der Waals surface area contributed by atoms with E-state index in [1.165, 1.54) is 0 Å². The molecular formula is C12H18N6S. The van der Waals surface area contributed by atoms with Crippen molar-refractivity contribution in [3.8, 4) is 0 Å². The molecule has 7 heteroatoms. The van der Waals surface area contributed by atoms with Crippen LogP contribution in [0.15, 0.2) is 29.6 Å². The van der Waals surface area contributed by atoms with E-state index < -0.39 is 0 Å². The SMILES string of the molecule is CC(C)NCCn1nnnc1SCc1ccccn1. The van der Waals surface area contributed by atoms with Crippen LogP contribution in [-0.2, 0) is 12.3 Å².